The highest BCUT2D eigenvalue weighted by atomic mass is 16.5. The van der Waals surface area contributed by atoms with Crippen LogP contribution in [0.3, 0.4) is 0 Å². The van der Waals surface area contributed by atoms with Crippen LogP contribution < -0.4 is 10.7 Å². The Kier molecular flexibility index (Phi) is 5.30. The third-order valence-electron chi connectivity index (χ3n) is 3.99. The van der Waals surface area contributed by atoms with Crippen LogP contribution in [0.1, 0.15) is 40.1 Å². The van der Waals surface area contributed by atoms with Crippen molar-refractivity contribution in [1.29, 1.82) is 0 Å². The number of nitrogens with zero attached hydrogens (tertiary/aromatic N) is 1. The van der Waals surface area contributed by atoms with E-state index in [0.717, 1.165) is 5.56 Å². The molecule has 7 nitrogen and oxygen atoms in total. The summed E-state index contributed by atoms with van der Waals surface area (Å²) in [5.41, 5.74) is 4.92. The lowest BCUT2D eigenvalue weighted by Gasteiger charge is -2.24. The van der Waals surface area contributed by atoms with Gasteiger partial charge in [-0.05, 0) is 37.6 Å². The zero-order valence-electron chi connectivity index (χ0n) is 15.0. The summed E-state index contributed by atoms with van der Waals surface area (Å²) in [5.74, 6) is -1.47. The van der Waals surface area contributed by atoms with E-state index in [-0.39, 0.29) is 12.0 Å². The van der Waals surface area contributed by atoms with Crippen LogP contribution in [-0.2, 0) is 16.0 Å². The summed E-state index contributed by atoms with van der Waals surface area (Å²) < 4.78 is 5.25. The van der Waals surface area contributed by atoms with Gasteiger partial charge in [0, 0.05) is 12.1 Å². The second-order valence-corrected chi connectivity index (χ2v) is 6.29. The first-order chi connectivity index (χ1) is 13.0. The highest BCUT2D eigenvalue weighted by Crippen LogP contribution is 2.22. The van der Waals surface area contributed by atoms with E-state index < -0.39 is 23.9 Å². The molecule has 1 aliphatic rings. The van der Waals surface area contributed by atoms with Crippen LogP contribution >= 0.6 is 0 Å². The number of para-hydroxylation sites is 1. The van der Waals surface area contributed by atoms with E-state index in [1.807, 2.05) is 6.07 Å². The number of esters is 1. The molecule has 0 aliphatic carbocycles. The monoisotopic (exact) mass is 365 g/mol. The molecule has 2 N–H and O–H groups in total. The Morgan fingerprint density at radius 1 is 1.07 bits per heavy atom. The number of fused-ring (bicyclic) bond motifs is 1. The molecule has 138 valence electrons. The van der Waals surface area contributed by atoms with Crippen molar-refractivity contribution in [2.75, 3.05) is 5.32 Å². The zero-order valence-corrected chi connectivity index (χ0v) is 15.0. The molecule has 0 fully saturated rings. The molecule has 3 rings (SSSR count). The Hall–Kier alpha value is -3.48. The summed E-state index contributed by atoms with van der Waals surface area (Å²) in [6.45, 7) is 3.51. The Balaban J connectivity index is 1.77. The third kappa shape index (κ3) is 4.20. The number of hydrogen-bond donors (Lipinski definition) is 2. The Labute approximate surface area is 156 Å². The first-order valence-corrected chi connectivity index (χ1v) is 8.45. The van der Waals surface area contributed by atoms with Gasteiger partial charge >= 0.3 is 5.97 Å². The largest absolute Gasteiger partial charge is 0.448 e. The van der Waals surface area contributed by atoms with Crippen LogP contribution in [0.25, 0.3) is 0 Å². The van der Waals surface area contributed by atoms with Gasteiger partial charge in [0.15, 0.2) is 6.10 Å². The maximum Gasteiger partial charge on any atom is 0.339 e. The summed E-state index contributed by atoms with van der Waals surface area (Å²) >= 11 is 0. The van der Waals surface area contributed by atoms with Crippen LogP contribution in [0.2, 0.25) is 0 Å². The van der Waals surface area contributed by atoms with Crippen LogP contribution in [0.4, 0.5) is 5.69 Å². The third-order valence-corrected chi connectivity index (χ3v) is 3.99. The van der Waals surface area contributed by atoms with Crippen molar-refractivity contribution in [2.45, 2.75) is 26.4 Å². The number of ether oxygens (including phenoxy) is 1. The van der Waals surface area contributed by atoms with Crippen LogP contribution in [0.5, 0.6) is 0 Å². The fraction of sp³-hybridized carbons (Fsp3) is 0.200. The number of hydrogen-bond acceptors (Lipinski definition) is 5. The van der Waals surface area contributed by atoms with Gasteiger partial charge in [0.1, 0.15) is 0 Å². The molecular weight excluding hydrogens is 346 g/mol. The van der Waals surface area contributed by atoms with Gasteiger partial charge < -0.3 is 10.1 Å². The number of carbonyl (C=O) groups is 3. The Bertz CT molecular complexity index is 932. The van der Waals surface area contributed by atoms with Gasteiger partial charge in [0.25, 0.3) is 11.8 Å². The molecule has 2 aromatic rings. The molecule has 1 aliphatic heterocycles. The summed E-state index contributed by atoms with van der Waals surface area (Å²) in [7, 11) is 0. The van der Waals surface area contributed by atoms with Crippen LogP contribution in [0.15, 0.2) is 53.6 Å². The van der Waals surface area contributed by atoms with E-state index in [1.165, 1.54) is 0 Å². The van der Waals surface area contributed by atoms with Crippen LogP contribution in [0, 0.1) is 0 Å². The SMILES string of the molecule is CC(C)=NNC(=O)c1ccccc1NC(=O)C1Cc2ccccc2C(=O)O1. The van der Waals surface area contributed by atoms with Gasteiger partial charge in [-0.15, -0.1) is 0 Å². The minimum atomic E-state index is -0.959. The molecule has 0 saturated carbocycles. The topological polar surface area (TPSA) is 96.9 Å². The molecule has 1 unspecified atom stereocenters. The minimum absolute atomic E-state index is 0.262. The number of cyclic esters (lactones) is 1. The molecule has 27 heavy (non-hydrogen) atoms. The Morgan fingerprint density at radius 2 is 1.78 bits per heavy atom. The van der Waals surface area contributed by atoms with E-state index in [9.17, 15) is 14.4 Å². The highest BCUT2D eigenvalue weighted by Gasteiger charge is 2.31. The van der Waals surface area contributed by atoms with Gasteiger partial charge in [-0.2, -0.15) is 5.10 Å². The molecular formula is C20H19N3O4. The van der Waals surface area contributed by atoms with Crippen molar-refractivity contribution >= 4 is 29.2 Å². The van der Waals surface area contributed by atoms with Crippen molar-refractivity contribution in [3.63, 3.8) is 0 Å². The molecule has 2 amide bonds. The van der Waals surface area contributed by atoms with Gasteiger partial charge in [-0.1, -0.05) is 30.3 Å². The van der Waals surface area contributed by atoms with Crippen molar-refractivity contribution in [1.82, 2.24) is 5.43 Å². The molecule has 0 aromatic heterocycles. The average molecular weight is 365 g/mol. The average Bonchev–Trinajstić information content (AvgIpc) is 2.66. The molecule has 0 saturated heterocycles. The minimum Gasteiger partial charge on any atom is -0.448 e. The lowest BCUT2D eigenvalue weighted by Crippen LogP contribution is -2.38. The zero-order chi connectivity index (χ0) is 19.4. The number of rotatable bonds is 4. The van der Waals surface area contributed by atoms with Crippen molar-refractivity contribution < 1.29 is 19.1 Å². The lowest BCUT2D eigenvalue weighted by molar-refractivity contribution is -0.125. The Morgan fingerprint density at radius 3 is 2.56 bits per heavy atom. The van der Waals surface area contributed by atoms with Crippen LogP contribution in [-0.4, -0.2) is 29.6 Å². The van der Waals surface area contributed by atoms with E-state index >= 15 is 0 Å². The molecule has 0 radical (unpaired) electrons. The summed E-state index contributed by atoms with van der Waals surface area (Å²) in [5, 5.41) is 6.56. The number of hydrazone groups is 1. The molecule has 2 aromatic carbocycles. The summed E-state index contributed by atoms with van der Waals surface area (Å²) in [6, 6.07) is 13.6. The normalized spacial score (nSPS) is 15.2. The first kappa shape index (κ1) is 18.3. The smallest absolute Gasteiger partial charge is 0.339 e. The predicted octanol–water partition coefficient (Wildman–Crippen LogP) is 2.53. The van der Waals surface area contributed by atoms with Gasteiger partial charge in [-0.25, -0.2) is 10.2 Å². The van der Waals surface area contributed by atoms with E-state index in [0.29, 0.717) is 17.0 Å². The second kappa shape index (κ2) is 7.82. The van der Waals surface area contributed by atoms with E-state index in [4.69, 9.17) is 4.74 Å². The number of anilines is 1. The maximum absolute atomic E-state index is 12.6. The standard InChI is InChI=1S/C20H19N3O4/c1-12(2)22-23-18(24)15-9-5-6-10-16(15)21-19(25)17-11-13-7-3-4-8-14(13)20(26)27-17/h3-10,17H,11H2,1-2H3,(H,21,25)(H,23,24). The quantitative estimate of drug-likeness (QED) is 0.494. The molecule has 0 spiro atoms. The highest BCUT2D eigenvalue weighted by molar-refractivity contribution is 6.06. The van der Waals surface area contributed by atoms with E-state index in [2.05, 4.69) is 15.8 Å². The molecule has 1 heterocycles. The number of nitrogens with one attached hydrogen (secondary N) is 2. The number of carbonyl (C=O) groups excluding carboxylic acids is 3. The number of benzene rings is 2. The molecule has 1 atom stereocenters. The fourth-order valence-electron chi connectivity index (χ4n) is 2.70. The maximum atomic E-state index is 12.6. The fourth-order valence-corrected chi connectivity index (χ4v) is 2.70. The number of amides is 2. The second-order valence-electron chi connectivity index (χ2n) is 6.29. The summed E-state index contributed by atoms with van der Waals surface area (Å²) in [6.07, 6.45) is -0.680. The summed E-state index contributed by atoms with van der Waals surface area (Å²) in [4.78, 5) is 37.0. The van der Waals surface area contributed by atoms with Gasteiger partial charge in [-0.3, -0.25) is 9.59 Å². The van der Waals surface area contributed by atoms with Gasteiger partial charge in [0.2, 0.25) is 0 Å². The molecule has 7 heteroatoms. The van der Waals surface area contributed by atoms with Gasteiger partial charge in [0.05, 0.1) is 16.8 Å². The van der Waals surface area contributed by atoms with Crippen molar-refractivity contribution in [3.8, 4) is 0 Å². The molecule has 0 bridgehead atoms. The van der Waals surface area contributed by atoms with Crippen molar-refractivity contribution in [3.05, 3.63) is 65.2 Å². The van der Waals surface area contributed by atoms with E-state index in [1.54, 1.807) is 56.3 Å². The lowest BCUT2D eigenvalue weighted by atomic mass is 9.98. The predicted molar refractivity (Wildman–Crippen MR) is 101 cm³/mol. The van der Waals surface area contributed by atoms with Crippen molar-refractivity contribution in [2.24, 2.45) is 5.10 Å². The first-order valence-electron chi connectivity index (χ1n) is 8.45.